The number of hydrogen-bond donors (Lipinski definition) is 2. The van der Waals surface area contributed by atoms with Gasteiger partial charge in [-0.25, -0.2) is 0 Å². The number of nitrogens with two attached hydrogens (primary N) is 1. The normalized spacial score (nSPS) is 11.6. The maximum absolute atomic E-state index is 11.4. The highest BCUT2D eigenvalue weighted by atomic mass is 32.1. The highest BCUT2D eigenvalue weighted by Crippen LogP contribution is 2.17. The molecule has 0 saturated carbocycles. The van der Waals surface area contributed by atoms with E-state index < -0.39 is 0 Å². The third-order valence-corrected chi connectivity index (χ3v) is 3.30. The average Bonchev–Trinajstić information content (AvgIpc) is 2.32. The van der Waals surface area contributed by atoms with E-state index in [9.17, 15) is 4.79 Å². The van der Waals surface area contributed by atoms with Gasteiger partial charge in [-0.15, -0.1) is 0 Å². The first-order valence-corrected chi connectivity index (χ1v) is 7.28. The minimum absolute atomic E-state index is 0.179. The Hall–Kier alpha value is -0.870. The van der Waals surface area contributed by atoms with E-state index in [0.717, 1.165) is 43.2 Å². The predicted octanol–water partition coefficient (Wildman–Crippen LogP) is 3.16. The topological polar surface area (TPSA) is 56.0 Å². The largest absolute Gasteiger partial charge is 0.326 e. The van der Waals surface area contributed by atoms with Crippen LogP contribution in [0.25, 0.3) is 0 Å². The van der Waals surface area contributed by atoms with Crippen molar-refractivity contribution in [2.45, 2.75) is 58.4 Å². The van der Waals surface area contributed by atoms with Crippen molar-refractivity contribution in [1.29, 1.82) is 0 Å². The minimum Gasteiger partial charge on any atom is -0.326 e. The zero-order valence-corrected chi connectivity index (χ0v) is 13.0. The first-order valence-electron chi connectivity index (χ1n) is 6.83. The van der Waals surface area contributed by atoms with Crippen molar-refractivity contribution in [1.82, 2.24) is 4.98 Å². The lowest BCUT2D eigenvalue weighted by Crippen LogP contribution is -2.32. The van der Waals surface area contributed by atoms with Crippen LogP contribution in [-0.2, 0) is 12.8 Å². The number of hydrogen-bond acceptors (Lipinski definition) is 3. The lowest BCUT2D eigenvalue weighted by atomic mass is 9.95. The van der Waals surface area contributed by atoms with Crippen LogP contribution < -0.4 is 5.73 Å². The Balaban J connectivity index is 2.88. The van der Waals surface area contributed by atoms with Crippen LogP contribution >= 0.6 is 12.6 Å². The van der Waals surface area contributed by atoms with Crippen LogP contribution in [0.4, 0.5) is 0 Å². The van der Waals surface area contributed by atoms with E-state index >= 15 is 0 Å². The van der Waals surface area contributed by atoms with E-state index in [1.807, 2.05) is 13.8 Å². The van der Waals surface area contributed by atoms with E-state index in [1.54, 1.807) is 6.20 Å². The summed E-state index contributed by atoms with van der Waals surface area (Å²) in [5.74, 6) is 0. The summed E-state index contributed by atoms with van der Waals surface area (Å²) in [6.07, 6.45) is 6.59. The van der Waals surface area contributed by atoms with Gasteiger partial charge in [0.15, 0.2) is 0 Å². The molecule has 0 aliphatic heterocycles. The maximum Gasteiger partial charge on any atom is 0.234 e. The molecule has 4 heteroatoms. The molecule has 3 nitrogen and oxygen atoms in total. The van der Waals surface area contributed by atoms with E-state index in [0.29, 0.717) is 5.69 Å². The summed E-state index contributed by atoms with van der Waals surface area (Å²) < 4.78 is 0. The van der Waals surface area contributed by atoms with Gasteiger partial charge in [-0.1, -0.05) is 32.0 Å². The Morgan fingerprint density at radius 3 is 2.63 bits per heavy atom. The molecule has 0 bridgehead atoms. The fourth-order valence-corrected chi connectivity index (χ4v) is 2.11. The van der Waals surface area contributed by atoms with Crippen molar-refractivity contribution < 1.29 is 4.79 Å². The molecule has 0 atom stereocenters. The second kappa shape index (κ2) is 7.06. The summed E-state index contributed by atoms with van der Waals surface area (Å²) in [5.41, 5.74) is 8.46. The van der Waals surface area contributed by atoms with Crippen LogP contribution in [-0.4, -0.2) is 15.6 Å². The molecule has 0 aromatic carbocycles. The van der Waals surface area contributed by atoms with Crippen molar-refractivity contribution in [2.75, 3.05) is 0 Å². The van der Waals surface area contributed by atoms with E-state index in [1.165, 1.54) is 0 Å². The molecule has 1 aromatic heterocycles. The Bertz CT molecular complexity index is 438. The van der Waals surface area contributed by atoms with Crippen LogP contribution in [0.15, 0.2) is 12.3 Å². The molecule has 2 N–H and O–H groups in total. The minimum atomic E-state index is -0.253. The molecule has 0 aliphatic carbocycles. The first-order chi connectivity index (χ1) is 8.83. The Morgan fingerprint density at radius 2 is 2.11 bits per heavy atom. The number of nitrogens with zero attached hydrogens (tertiary/aromatic N) is 1. The molecule has 0 fully saturated rings. The van der Waals surface area contributed by atoms with Crippen molar-refractivity contribution in [3.05, 3.63) is 29.1 Å². The summed E-state index contributed by atoms with van der Waals surface area (Å²) in [6.45, 7) is 6.17. The van der Waals surface area contributed by atoms with Crippen molar-refractivity contribution >= 4 is 17.7 Å². The zero-order valence-electron chi connectivity index (χ0n) is 12.1. The number of pyridine rings is 1. The SMILES string of the molecule is CCCCc1cc(CCC(C)(C)N)cnc1C(=O)S. The van der Waals surface area contributed by atoms with Gasteiger partial charge >= 0.3 is 0 Å². The highest BCUT2D eigenvalue weighted by Gasteiger charge is 2.13. The lowest BCUT2D eigenvalue weighted by Gasteiger charge is -2.18. The third-order valence-electron chi connectivity index (χ3n) is 3.08. The monoisotopic (exact) mass is 280 g/mol. The fraction of sp³-hybridized carbons (Fsp3) is 0.600. The summed E-state index contributed by atoms with van der Waals surface area (Å²) in [4.78, 5) is 15.7. The lowest BCUT2D eigenvalue weighted by molar-refractivity contribution is 0.108. The molecule has 1 aromatic rings. The molecule has 1 rings (SSSR count). The number of carbonyl (C=O) groups is 1. The number of carbonyl (C=O) groups excluding carboxylic acids is 1. The van der Waals surface area contributed by atoms with Gasteiger partial charge in [-0.2, -0.15) is 0 Å². The Kier molecular flexibility index (Phi) is 6.01. The maximum atomic E-state index is 11.4. The number of thiol groups is 1. The summed E-state index contributed by atoms with van der Waals surface area (Å²) in [6, 6.07) is 2.08. The smallest absolute Gasteiger partial charge is 0.234 e. The van der Waals surface area contributed by atoms with Gasteiger partial charge < -0.3 is 5.73 Å². The van der Waals surface area contributed by atoms with Gasteiger partial charge in [0, 0.05) is 11.7 Å². The molecule has 0 radical (unpaired) electrons. The zero-order chi connectivity index (χ0) is 14.5. The summed E-state index contributed by atoms with van der Waals surface area (Å²) in [5, 5.41) is -0.253. The number of unbranched alkanes of at least 4 members (excludes halogenated alkanes) is 1. The summed E-state index contributed by atoms with van der Waals surface area (Å²) >= 11 is 3.89. The molecule has 0 amide bonds. The quantitative estimate of drug-likeness (QED) is 0.754. The standard InChI is InChI=1S/C15H24N2OS/c1-4-5-6-12-9-11(7-8-15(2,3)16)10-17-13(12)14(18)19/h9-10H,4-8,16H2,1-3H3,(H,18,19). The van der Waals surface area contributed by atoms with Crippen LogP contribution in [0, 0.1) is 0 Å². The molecular formula is C15H24N2OS. The van der Waals surface area contributed by atoms with Crippen LogP contribution in [0.2, 0.25) is 0 Å². The predicted molar refractivity (Wildman–Crippen MR) is 82.8 cm³/mol. The Labute approximate surface area is 121 Å². The fourth-order valence-electron chi connectivity index (χ4n) is 1.91. The van der Waals surface area contributed by atoms with Gasteiger partial charge in [-0.3, -0.25) is 9.78 Å². The second-order valence-electron chi connectivity index (χ2n) is 5.75. The third kappa shape index (κ3) is 5.74. The number of rotatable bonds is 7. The van der Waals surface area contributed by atoms with Crippen LogP contribution in [0.1, 0.15) is 61.6 Å². The number of aryl methyl sites for hydroxylation is 2. The van der Waals surface area contributed by atoms with Gasteiger partial charge in [0.05, 0.1) is 0 Å². The van der Waals surface area contributed by atoms with Crippen molar-refractivity contribution in [3.8, 4) is 0 Å². The first kappa shape index (κ1) is 16.2. The molecular weight excluding hydrogens is 256 g/mol. The van der Waals surface area contributed by atoms with Gasteiger partial charge in [-0.05, 0) is 50.7 Å². The van der Waals surface area contributed by atoms with Gasteiger partial charge in [0.25, 0.3) is 0 Å². The van der Waals surface area contributed by atoms with Gasteiger partial charge in [0.2, 0.25) is 5.12 Å². The number of aromatic nitrogens is 1. The van der Waals surface area contributed by atoms with Gasteiger partial charge in [0.1, 0.15) is 5.69 Å². The molecule has 1 heterocycles. The van der Waals surface area contributed by atoms with Crippen LogP contribution in [0.3, 0.4) is 0 Å². The summed E-state index contributed by atoms with van der Waals surface area (Å²) in [7, 11) is 0. The van der Waals surface area contributed by atoms with Crippen molar-refractivity contribution in [3.63, 3.8) is 0 Å². The van der Waals surface area contributed by atoms with Crippen LogP contribution in [0.5, 0.6) is 0 Å². The van der Waals surface area contributed by atoms with Crippen molar-refractivity contribution in [2.24, 2.45) is 5.73 Å². The molecule has 0 saturated heterocycles. The Morgan fingerprint density at radius 1 is 1.42 bits per heavy atom. The molecule has 106 valence electrons. The van der Waals surface area contributed by atoms with E-state index in [-0.39, 0.29) is 10.7 Å². The molecule has 19 heavy (non-hydrogen) atoms. The molecule has 0 aliphatic rings. The molecule has 0 unspecified atom stereocenters. The molecule has 0 spiro atoms. The van der Waals surface area contributed by atoms with E-state index in [2.05, 4.69) is 30.6 Å². The average molecular weight is 280 g/mol. The second-order valence-corrected chi connectivity index (χ2v) is 6.15. The highest BCUT2D eigenvalue weighted by molar-refractivity contribution is 7.97. The van der Waals surface area contributed by atoms with E-state index in [4.69, 9.17) is 5.73 Å².